The van der Waals surface area contributed by atoms with Gasteiger partial charge in [-0.3, -0.25) is 14.3 Å². The molecule has 1 heterocycles. The molecule has 8 nitrogen and oxygen atoms in total. The minimum Gasteiger partial charge on any atom is -0.345 e. The molecule has 0 aromatic carbocycles. The first kappa shape index (κ1) is 16.9. The van der Waals surface area contributed by atoms with E-state index in [-0.39, 0.29) is 5.69 Å². The van der Waals surface area contributed by atoms with Crippen molar-refractivity contribution in [2.45, 2.75) is 12.7 Å². The number of carbonyl (C=O) groups excluding carboxylic acids is 2. The van der Waals surface area contributed by atoms with Crippen molar-refractivity contribution in [3.8, 4) is 0 Å². The fourth-order valence-corrected chi connectivity index (χ4v) is 1.38. The third-order valence-electron chi connectivity index (χ3n) is 2.33. The summed E-state index contributed by atoms with van der Waals surface area (Å²) >= 11 is 0. The summed E-state index contributed by atoms with van der Waals surface area (Å²) in [5.41, 5.74) is 5.29. The number of halogens is 3. The maximum absolute atomic E-state index is 11.9. The van der Waals surface area contributed by atoms with Gasteiger partial charge in [0.1, 0.15) is 6.54 Å². The average Bonchev–Trinajstić information content (AvgIpc) is 2.83. The van der Waals surface area contributed by atoms with Gasteiger partial charge >= 0.3 is 6.18 Å². The molecule has 0 radical (unpaired) electrons. The molecule has 118 valence electrons. The van der Waals surface area contributed by atoms with Crippen LogP contribution in [-0.2, 0) is 11.3 Å². The summed E-state index contributed by atoms with van der Waals surface area (Å²) in [5.74, 6) is -1.54. The Bertz CT molecular complexity index is 501. The Kier molecular flexibility index (Phi) is 5.64. The highest BCUT2D eigenvalue weighted by atomic mass is 19.4. The van der Waals surface area contributed by atoms with Crippen LogP contribution in [0.1, 0.15) is 10.5 Å². The highest BCUT2D eigenvalue weighted by Gasteiger charge is 2.28. The van der Waals surface area contributed by atoms with Crippen molar-refractivity contribution in [3.63, 3.8) is 0 Å². The number of carbonyl (C=O) groups is 2. The van der Waals surface area contributed by atoms with E-state index in [0.717, 1.165) is 4.90 Å². The number of hydrogen-bond donors (Lipinski definition) is 2. The number of likely N-dealkylation sites (N-methyl/N-ethyl adjacent to an activating group) is 1. The third kappa shape index (κ3) is 5.77. The summed E-state index contributed by atoms with van der Waals surface area (Å²) in [6.45, 7) is -1.28. The number of nitrogens with zero attached hydrogens (tertiary/aromatic N) is 4. The predicted molar refractivity (Wildman–Crippen MR) is 65.1 cm³/mol. The van der Waals surface area contributed by atoms with E-state index in [9.17, 15) is 22.8 Å². The standard InChI is InChI=1S/C10H15F3N6O2/c1-18(5-8(20)15-6-10(11,12)13)9(21)7-4-19(3-2-14)17-16-7/h4H,2-3,5-6,14H2,1H3,(H,15,20). The molecule has 0 saturated carbocycles. The Morgan fingerprint density at radius 2 is 2.14 bits per heavy atom. The van der Waals surface area contributed by atoms with Gasteiger partial charge in [-0.15, -0.1) is 5.10 Å². The predicted octanol–water partition coefficient (Wildman–Crippen LogP) is -1.01. The Morgan fingerprint density at radius 1 is 1.48 bits per heavy atom. The van der Waals surface area contributed by atoms with Gasteiger partial charge in [-0.25, -0.2) is 0 Å². The van der Waals surface area contributed by atoms with Crippen LogP contribution < -0.4 is 11.1 Å². The molecule has 1 aromatic rings. The molecule has 0 aliphatic heterocycles. The monoisotopic (exact) mass is 308 g/mol. The number of hydrogen-bond acceptors (Lipinski definition) is 5. The molecule has 0 aliphatic rings. The van der Waals surface area contributed by atoms with E-state index >= 15 is 0 Å². The second kappa shape index (κ2) is 7.02. The molecule has 3 N–H and O–H groups in total. The molecule has 0 spiro atoms. The lowest BCUT2D eigenvalue weighted by molar-refractivity contribution is -0.138. The number of rotatable bonds is 6. The summed E-state index contributed by atoms with van der Waals surface area (Å²) in [5, 5.41) is 8.92. The van der Waals surface area contributed by atoms with Gasteiger partial charge in [0.2, 0.25) is 5.91 Å². The molecule has 2 amide bonds. The number of amides is 2. The van der Waals surface area contributed by atoms with E-state index < -0.39 is 31.1 Å². The normalized spacial score (nSPS) is 11.3. The first-order valence-electron chi connectivity index (χ1n) is 5.92. The Morgan fingerprint density at radius 3 is 2.71 bits per heavy atom. The van der Waals surface area contributed by atoms with Crippen LogP contribution in [0.25, 0.3) is 0 Å². The van der Waals surface area contributed by atoms with E-state index in [0.29, 0.717) is 13.1 Å². The number of alkyl halides is 3. The Labute approximate surface area is 118 Å². The minimum atomic E-state index is -4.50. The molecule has 0 bridgehead atoms. The van der Waals surface area contributed by atoms with Crippen LogP contribution in [0.3, 0.4) is 0 Å². The zero-order chi connectivity index (χ0) is 16.0. The molecule has 1 rings (SSSR count). The van der Waals surface area contributed by atoms with Crippen LogP contribution in [0.2, 0.25) is 0 Å². The van der Waals surface area contributed by atoms with Gasteiger partial charge in [0, 0.05) is 13.6 Å². The van der Waals surface area contributed by atoms with Gasteiger partial charge in [0.15, 0.2) is 5.69 Å². The molecule has 0 aliphatic carbocycles. The van der Waals surface area contributed by atoms with Crippen molar-refractivity contribution in [2.24, 2.45) is 5.73 Å². The number of aromatic nitrogens is 3. The molecule has 11 heteroatoms. The van der Waals surface area contributed by atoms with Gasteiger partial charge in [-0.05, 0) is 0 Å². The van der Waals surface area contributed by atoms with Crippen molar-refractivity contribution >= 4 is 11.8 Å². The van der Waals surface area contributed by atoms with Gasteiger partial charge in [0.25, 0.3) is 5.91 Å². The maximum Gasteiger partial charge on any atom is 0.405 e. The van der Waals surface area contributed by atoms with Crippen LogP contribution in [0, 0.1) is 0 Å². The van der Waals surface area contributed by atoms with E-state index in [2.05, 4.69) is 10.3 Å². The molecular formula is C10H15F3N6O2. The lowest BCUT2D eigenvalue weighted by Gasteiger charge is -2.15. The van der Waals surface area contributed by atoms with E-state index in [4.69, 9.17) is 5.73 Å². The second-order valence-corrected chi connectivity index (χ2v) is 4.21. The van der Waals surface area contributed by atoms with E-state index in [1.54, 1.807) is 5.32 Å². The second-order valence-electron chi connectivity index (χ2n) is 4.21. The summed E-state index contributed by atoms with van der Waals surface area (Å²) in [6, 6.07) is 0. The average molecular weight is 308 g/mol. The largest absolute Gasteiger partial charge is 0.405 e. The molecular weight excluding hydrogens is 293 g/mol. The topological polar surface area (TPSA) is 106 Å². The van der Waals surface area contributed by atoms with E-state index in [1.807, 2.05) is 0 Å². The van der Waals surface area contributed by atoms with Crippen LogP contribution in [0.4, 0.5) is 13.2 Å². The smallest absolute Gasteiger partial charge is 0.345 e. The van der Waals surface area contributed by atoms with Crippen LogP contribution in [-0.4, -0.2) is 64.6 Å². The van der Waals surface area contributed by atoms with Crippen molar-refractivity contribution in [1.29, 1.82) is 0 Å². The van der Waals surface area contributed by atoms with E-state index in [1.165, 1.54) is 17.9 Å². The number of nitrogens with one attached hydrogen (secondary N) is 1. The van der Waals surface area contributed by atoms with Crippen LogP contribution in [0.15, 0.2) is 6.20 Å². The highest BCUT2D eigenvalue weighted by molar-refractivity contribution is 5.94. The SMILES string of the molecule is CN(CC(=O)NCC(F)(F)F)C(=O)c1cn(CCN)nn1. The lowest BCUT2D eigenvalue weighted by Crippen LogP contribution is -2.41. The third-order valence-corrected chi connectivity index (χ3v) is 2.33. The van der Waals surface area contributed by atoms with Crippen molar-refractivity contribution in [1.82, 2.24) is 25.2 Å². The first-order valence-corrected chi connectivity index (χ1v) is 5.92. The van der Waals surface area contributed by atoms with Crippen LogP contribution >= 0.6 is 0 Å². The lowest BCUT2D eigenvalue weighted by atomic mass is 10.4. The van der Waals surface area contributed by atoms with Gasteiger partial charge in [-0.1, -0.05) is 5.21 Å². The molecule has 1 aromatic heterocycles. The zero-order valence-electron chi connectivity index (χ0n) is 11.2. The summed E-state index contributed by atoms with van der Waals surface area (Å²) in [4.78, 5) is 24.1. The van der Waals surface area contributed by atoms with Crippen molar-refractivity contribution < 1.29 is 22.8 Å². The molecule has 0 atom stereocenters. The van der Waals surface area contributed by atoms with Gasteiger partial charge < -0.3 is 16.0 Å². The summed E-state index contributed by atoms with van der Waals surface area (Å²) < 4.78 is 37.1. The fourth-order valence-electron chi connectivity index (χ4n) is 1.38. The summed E-state index contributed by atoms with van der Waals surface area (Å²) in [7, 11) is 1.28. The minimum absolute atomic E-state index is 0.0189. The molecule has 0 saturated heterocycles. The fraction of sp³-hybridized carbons (Fsp3) is 0.600. The first-order chi connectivity index (χ1) is 9.73. The van der Waals surface area contributed by atoms with Crippen molar-refractivity contribution in [2.75, 3.05) is 26.7 Å². The molecule has 21 heavy (non-hydrogen) atoms. The van der Waals surface area contributed by atoms with Crippen LogP contribution in [0.5, 0.6) is 0 Å². The van der Waals surface area contributed by atoms with Gasteiger partial charge in [0.05, 0.1) is 19.3 Å². The highest BCUT2D eigenvalue weighted by Crippen LogP contribution is 2.12. The Balaban J connectivity index is 2.51. The molecule has 0 fully saturated rings. The van der Waals surface area contributed by atoms with Gasteiger partial charge in [-0.2, -0.15) is 13.2 Å². The molecule has 0 unspecified atom stereocenters. The zero-order valence-corrected chi connectivity index (χ0v) is 11.2. The quantitative estimate of drug-likeness (QED) is 0.700. The summed E-state index contributed by atoms with van der Waals surface area (Å²) in [6.07, 6.45) is -3.15. The number of nitrogens with two attached hydrogens (primary N) is 1. The maximum atomic E-state index is 11.9. The Hall–Kier alpha value is -2.17. The van der Waals surface area contributed by atoms with Crippen molar-refractivity contribution in [3.05, 3.63) is 11.9 Å².